The van der Waals surface area contributed by atoms with Crippen molar-refractivity contribution >= 4 is 55.0 Å². The Labute approximate surface area is 203 Å². The quantitative estimate of drug-likeness (QED) is 0.496. The molecule has 1 saturated heterocycles. The molecular formula is C24H26N4O4S2. The van der Waals surface area contributed by atoms with Gasteiger partial charge in [-0.15, -0.1) is 0 Å². The zero-order valence-corrected chi connectivity index (χ0v) is 20.7. The van der Waals surface area contributed by atoms with E-state index in [4.69, 9.17) is 0 Å². The number of carbonyl (C=O) groups is 2. The van der Waals surface area contributed by atoms with Crippen LogP contribution in [0.3, 0.4) is 0 Å². The lowest BCUT2D eigenvalue weighted by molar-refractivity contribution is -0.109. The highest BCUT2D eigenvalue weighted by atomic mass is 32.2. The second-order valence-electron chi connectivity index (χ2n) is 8.22. The average molecular weight is 499 g/mol. The topological polar surface area (TPSA) is 99.7 Å². The minimum Gasteiger partial charge on any atom is -0.369 e. The van der Waals surface area contributed by atoms with E-state index in [1.54, 1.807) is 12.1 Å². The highest BCUT2D eigenvalue weighted by molar-refractivity contribution is 8.14. The van der Waals surface area contributed by atoms with Crippen molar-refractivity contribution < 1.29 is 18.0 Å². The molecule has 2 aromatic carbocycles. The fraction of sp³-hybridized carbons (Fsp3) is 0.292. The van der Waals surface area contributed by atoms with Crippen molar-refractivity contribution in [1.82, 2.24) is 9.88 Å². The van der Waals surface area contributed by atoms with Gasteiger partial charge < -0.3 is 9.80 Å². The molecule has 1 N–H and O–H groups in total. The molecule has 0 unspecified atom stereocenters. The Bertz CT molecular complexity index is 1320. The van der Waals surface area contributed by atoms with Crippen molar-refractivity contribution in [2.75, 3.05) is 48.6 Å². The lowest BCUT2D eigenvalue weighted by Crippen LogP contribution is -2.44. The Morgan fingerprint density at radius 3 is 2.38 bits per heavy atom. The summed E-state index contributed by atoms with van der Waals surface area (Å²) in [5.74, 6) is -0.107. The third-order valence-electron chi connectivity index (χ3n) is 5.70. The molecule has 0 aliphatic carbocycles. The summed E-state index contributed by atoms with van der Waals surface area (Å²) in [7, 11) is -1.74. The molecule has 0 amide bonds. The number of nitrogens with zero attached hydrogens (tertiary/aromatic N) is 3. The summed E-state index contributed by atoms with van der Waals surface area (Å²) in [6.07, 6.45) is 1.31. The van der Waals surface area contributed by atoms with Gasteiger partial charge in [-0.1, -0.05) is 23.9 Å². The monoisotopic (exact) mass is 498 g/mol. The first-order chi connectivity index (χ1) is 16.2. The van der Waals surface area contributed by atoms with Crippen LogP contribution in [0.5, 0.6) is 0 Å². The summed E-state index contributed by atoms with van der Waals surface area (Å²) in [6.45, 7) is 5.35. The number of carbonyl (C=O) groups excluding carboxylic acids is 2. The van der Waals surface area contributed by atoms with Gasteiger partial charge in [0.25, 0.3) is 10.0 Å². The average Bonchev–Trinajstić information content (AvgIpc) is 2.82. The SMILES string of the molecule is CC(=O)SCC(=O)c1ccc(NS(=O)(=O)c2ccc3cc(N4CCN(C)CC4)ccc3c2)nc1. The maximum absolute atomic E-state index is 12.9. The minimum absolute atomic E-state index is 0.0235. The van der Waals surface area contributed by atoms with E-state index >= 15 is 0 Å². The van der Waals surface area contributed by atoms with Crippen LogP contribution >= 0.6 is 11.8 Å². The number of pyridine rings is 1. The summed E-state index contributed by atoms with van der Waals surface area (Å²) in [5.41, 5.74) is 1.45. The number of sulfonamides is 1. The zero-order valence-electron chi connectivity index (χ0n) is 19.0. The number of rotatable bonds is 7. The Hall–Kier alpha value is -2.95. The van der Waals surface area contributed by atoms with Crippen LogP contribution in [0.1, 0.15) is 17.3 Å². The zero-order chi connectivity index (χ0) is 24.3. The number of hydrogen-bond donors (Lipinski definition) is 1. The van der Waals surface area contributed by atoms with Crippen molar-refractivity contribution in [3.8, 4) is 0 Å². The summed E-state index contributed by atoms with van der Waals surface area (Å²) < 4.78 is 28.3. The molecular weight excluding hydrogens is 472 g/mol. The van der Waals surface area contributed by atoms with E-state index in [0.717, 1.165) is 54.4 Å². The van der Waals surface area contributed by atoms with Crippen LogP contribution in [0.2, 0.25) is 0 Å². The van der Waals surface area contributed by atoms with Crippen molar-refractivity contribution in [2.24, 2.45) is 0 Å². The molecule has 0 bridgehead atoms. The van der Waals surface area contributed by atoms with Gasteiger partial charge in [0.2, 0.25) is 0 Å². The van der Waals surface area contributed by atoms with Gasteiger partial charge in [0.05, 0.1) is 10.6 Å². The molecule has 8 nitrogen and oxygen atoms in total. The molecule has 0 atom stereocenters. The molecule has 4 rings (SSSR count). The van der Waals surface area contributed by atoms with Crippen LogP contribution in [0.15, 0.2) is 59.6 Å². The highest BCUT2D eigenvalue weighted by Crippen LogP contribution is 2.26. The van der Waals surface area contributed by atoms with E-state index in [1.165, 1.54) is 25.3 Å². The predicted octanol–water partition coefficient (Wildman–Crippen LogP) is 3.25. The number of fused-ring (bicyclic) bond motifs is 1. The number of hydrogen-bond acceptors (Lipinski definition) is 8. The molecule has 0 saturated carbocycles. The number of likely N-dealkylation sites (N-methyl/N-ethyl adjacent to an activating group) is 1. The van der Waals surface area contributed by atoms with Gasteiger partial charge in [-0.2, -0.15) is 0 Å². The molecule has 10 heteroatoms. The van der Waals surface area contributed by atoms with Crippen LogP contribution in [0.4, 0.5) is 11.5 Å². The summed E-state index contributed by atoms with van der Waals surface area (Å²) >= 11 is 0.923. The van der Waals surface area contributed by atoms with E-state index in [9.17, 15) is 18.0 Å². The first-order valence-corrected chi connectivity index (χ1v) is 13.3. The molecule has 3 aromatic rings. The molecule has 1 fully saturated rings. The lowest BCUT2D eigenvalue weighted by Gasteiger charge is -2.34. The number of Topliss-reactive ketones (excluding diaryl/α,β-unsaturated/α-hetero) is 1. The first kappa shape index (κ1) is 24.2. The molecule has 1 aliphatic rings. The highest BCUT2D eigenvalue weighted by Gasteiger charge is 2.18. The first-order valence-electron chi connectivity index (χ1n) is 10.8. The normalized spacial score (nSPS) is 14.8. The van der Waals surface area contributed by atoms with Crippen molar-refractivity contribution in [2.45, 2.75) is 11.8 Å². The standard InChI is InChI=1S/C24H26N4O4S2/c1-17(29)33-16-23(30)20-5-8-24(25-15-20)26-34(31,32)22-7-4-18-13-21(6-3-19(18)14-22)28-11-9-27(2)10-12-28/h3-8,13-15H,9-12,16H2,1-2H3,(H,25,26). The van der Waals surface area contributed by atoms with Crippen LogP contribution in [-0.4, -0.2) is 68.2 Å². The smallest absolute Gasteiger partial charge is 0.263 e. The predicted molar refractivity (Wildman–Crippen MR) is 136 cm³/mol. The van der Waals surface area contributed by atoms with Crippen LogP contribution in [0, 0.1) is 0 Å². The van der Waals surface area contributed by atoms with E-state index in [-0.39, 0.29) is 27.4 Å². The van der Waals surface area contributed by atoms with Crippen LogP contribution < -0.4 is 9.62 Å². The molecule has 0 spiro atoms. The maximum Gasteiger partial charge on any atom is 0.263 e. The maximum atomic E-state index is 12.9. The van der Waals surface area contributed by atoms with E-state index < -0.39 is 10.0 Å². The molecule has 1 aliphatic heterocycles. The second-order valence-corrected chi connectivity index (χ2v) is 11.1. The molecule has 2 heterocycles. The van der Waals surface area contributed by atoms with Gasteiger partial charge in [-0.25, -0.2) is 13.4 Å². The number of thioether (sulfide) groups is 1. The Kier molecular flexibility index (Phi) is 7.20. The van der Waals surface area contributed by atoms with Crippen molar-refractivity contribution in [3.63, 3.8) is 0 Å². The van der Waals surface area contributed by atoms with Gasteiger partial charge in [-0.05, 0) is 54.2 Å². The number of benzene rings is 2. The number of piperazine rings is 1. The lowest BCUT2D eigenvalue weighted by atomic mass is 10.1. The molecule has 1 aromatic heterocycles. The summed E-state index contributed by atoms with van der Waals surface area (Å²) in [5, 5.41) is 1.66. The molecule has 34 heavy (non-hydrogen) atoms. The second kappa shape index (κ2) is 10.1. The number of ketones is 1. The Balaban J connectivity index is 1.47. The minimum atomic E-state index is -3.86. The van der Waals surface area contributed by atoms with E-state index in [1.807, 2.05) is 18.2 Å². The van der Waals surface area contributed by atoms with E-state index in [0.29, 0.717) is 5.56 Å². The van der Waals surface area contributed by atoms with Crippen LogP contribution in [0.25, 0.3) is 10.8 Å². The third-order valence-corrected chi connectivity index (χ3v) is 7.87. The van der Waals surface area contributed by atoms with Gasteiger partial charge in [0.1, 0.15) is 5.82 Å². The molecule has 0 radical (unpaired) electrons. The van der Waals surface area contributed by atoms with Crippen molar-refractivity contribution in [3.05, 3.63) is 60.3 Å². The summed E-state index contributed by atoms with van der Waals surface area (Å²) in [6, 6.07) is 14.0. The number of anilines is 2. The summed E-state index contributed by atoms with van der Waals surface area (Å²) in [4.78, 5) is 31.9. The third kappa shape index (κ3) is 5.75. The fourth-order valence-electron chi connectivity index (χ4n) is 3.71. The number of nitrogens with one attached hydrogen (secondary N) is 1. The van der Waals surface area contributed by atoms with E-state index in [2.05, 4.69) is 32.6 Å². The van der Waals surface area contributed by atoms with Crippen molar-refractivity contribution in [1.29, 1.82) is 0 Å². The largest absolute Gasteiger partial charge is 0.369 e. The van der Waals surface area contributed by atoms with Gasteiger partial charge in [0, 0.05) is 50.6 Å². The van der Waals surface area contributed by atoms with Gasteiger partial charge in [-0.3, -0.25) is 14.3 Å². The fourth-order valence-corrected chi connectivity index (χ4v) is 5.25. The Morgan fingerprint density at radius 2 is 1.71 bits per heavy atom. The van der Waals surface area contributed by atoms with Crippen LogP contribution in [-0.2, 0) is 14.8 Å². The Morgan fingerprint density at radius 1 is 1.00 bits per heavy atom. The molecule has 178 valence electrons. The van der Waals surface area contributed by atoms with Gasteiger partial charge >= 0.3 is 0 Å². The van der Waals surface area contributed by atoms with Gasteiger partial charge in [0.15, 0.2) is 10.9 Å². The number of aromatic nitrogens is 1.